The molecule has 0 fully saturated rings. The number of halogens is 2. The number of aliphatic carboxylic acids is 2. The van der Waals surface area contributed by atoms with E-state index in [0.717, 1.165) is 0 Å². The van der Waals surface area contributed by atoms with E-state index in [2.05, 4.69) is 10.6 Å². The van der Waals surface area contributed by atoms with Crippen LogP contribution in [0.1, 0.15) is 6.42 Å². The largest absolute Gasteiger partial charge is 0.481 e. The number of urea groups is 1. The molecule has 20 heavy (non-hydrogen) atoms. The fraction of sp³-hybridized carbons (Fsp3) is 0.182. The van der Waals surface area contributed by atoms with Gasteiger partial charge in [-0.15, -0.1) is 0 Å². The molecular formula is C11H10ClIN2O5. The summed E-state index contributed by atoms with van der Waals surface area (Å²) in [5.74, 6) is -2.74. The Balaban J connectivity index is 2.70. The lowest BCUT2D eigenvalue weighted by atomic mass is 10.2. The normalized spacial score (nSPS) is 11.5. The summed E-state index contributed by atoms with van der Waals surface area (Å²) >= 11 is 7.71. The van der Waals surface area contributed by atoms with Crippen molar-refractivity contribution in [3.05, 3.63) is 26.8 Å². The quantitative estimate of drug-likeness (QED) is 0.552. The molecular weight excluding hydrogens is 402 g/mol. The third kappa shape index (κ3) is 5.21. The molecule has 0 aromatic heterocycles. The van der Waals surface area contributed by atoms with E-state index in [1.54, 1.807) is 18.2 Å². The highest BCUT2D eigenvalue weighted by molar-refractivity contribution is 14.1. The number of anilines is 1. The summed E-state index contributed by atoms with van der Waals surface area (Å²) in [4.78, 5) is 32.9. The van der Waals surface area contributed by atoms with Gasteiger partial charge in [-0.3, -0.25) is 4.79 Å². The Kier molecular flexibility index (Phi) is 6.02. The van der Waals surface area contributed by atoms with E-state index in [0.29, 0.717) is 14.3 Å². The summed E-state index contributed by atoms with van der Waals surface area (Å²) in [6, 6.07) is 2.42. The van der Waals surface area contributed by atoms with Gasteiger partial charge in [-0.25, -0.2) is 9.59 Å². The van der Waals surface area contributed by atoms with Gasteiger partial charge >= 0.3 is 18.0 Å². The minimum absolute atomic E-state index is 0.437. The number of carboxylic acids is 2. The van der Waals surface area contributed by atoms with Gasteiger partial charge < -0.3 is 20.8 Å². The summed E-state index contributed by atoms with van der Waals surface area (Å²) < 4.78 is 0.662. The first-order chi connectivity index (χ1) is 9.29. The molecule has 108 valence electrons. The third-order valence-corrected chi connectivity index (χ3v) is 3.29. The first-order valence-electron chi connectivity index (χ1n) is 5.26. The molecule has 9 heteroatoms. The summed E-state index contributed by atoms with van der Waals surface area (Å²) in [5.41, 5.74) is 0.437. The fourth-order valence-electron chi connectivity index (χ4n) is 1.28. The number of benzene rings is 1. The molecule has 4 N–H and O–H groups in total. The molecule has 1 aromatic rings. The van der Waals surface area contributed by atoms with E-state index < -0.39 is 30.4 Å². The molecule has 0 aliphatic rings. The van der Waals surface area contributed by atoms with Gasteiger partial charge in [0.05, 0.1) is 12.1 Å². The first-order valence-corrected chi connectivity index (χ1v) is 6.72. The van der Waals surface area contributed by atoms with Gasteiger partial charge in [0.25, 0.3) is 0 Å². The monoisotopic (exact) mass is 412 g/mol. The molecule has 0 radical (unpaired) electrons. The minimum atomic E-state index is -1.50. The predicted octanol–water partition coefficient (Wildman–Crippen LogP) is 1.99. The van der Waals surface area contributed by atoms with Crippen molar-refractivity contribution in [1.82, 2.24) is 5.32 Å². The van der Waals surface area contributed by atoms with Gasteiger partial charge in [0.2, 0.25) is 0 Å². The van der Waals surface area contributed by atoms with Gasteiger partial charge in [0.1, 0.15) is 6.04 Å². The van der Waals surface area contributed by atoms with Crippen molar-refractivity contribution in [3.63, 3.8) is 0 Å². The zero-order valence-corrected chi connectivity index (χ0v) is 12.8. The Morgan fingerprint density at radius 2 is 1.95 bits per heavy atom. The van der Waals surface area contributed by atoms with Crippen LogP contribution in [-0.4, -0.2) is 34.2 Å². The average molecular weight is 413 g/mol. The van der Waals surface area contributed by atoms with Gasteiger partial charge in [0.15, 0.2) is 0 Å². The van der Waals surface area contributed by atoms with Crippen LogP contribution in [0.15, 0.2) is 18.2 Å². The van der Waals surface area contributed by atoms with Crippen molar-refractivity contribution < 1.29 is 24.6 Å². The number of carbonyl (C=O) groups is 3. The number of hydrogen-bond donors (Lipinski definition) is 4. The summed E-state index contributed by atoms with van der Waals surface area (Å²) in [6.45, 7) is 0. The molecule has 1 atom stereocenters. The maximum absolute atomic E-state index is 11.6. The number of carbonyl (C=O) groups excluding carboxylic acids is 1. The number of amides is 2. The smallest absolute Gasteiger partial charge is 0.326 e. The van der Waals surface area contributed by atoms with Crippen molar-refractivity contribution in [3.8, 4) is 0 Å². The maximum Gasteiger partial charge on any atom is 0.326 e. The Labute approximate surface area is 132 Å². The SMILES string of the molecule is O=C(O)CC(NC(=O)Nc1ccc(Cl)cc1I)C(=O)O. The fourth-order valence-corrected chi connectivity index (χ4v) is 2.29. The molecule has 0 aliphatic heterocycles. The Hall–Kier alpha value is -1.55. The second-order valence-corrected chi connectivity index (χ2v) is 5.31. The van der Waals surface area contributed by atoms with Crippen LogP contribution in [0.4, 0.5) is 10.5 Å². The molecule has 0 aliphatic carbocycles. The summed E-state index contributed by atoms with van der Waals surface area (Å²) in [5, 5.41) is 22.4. The number of nitrogens with one attached hydrogen (secondary N) is 2. The van der Waals surface area contributed by atoms with Crippen molar-refractivity contribution >= 4 is 57.8 Å². The molecule has 1 rings (SSSR count). The molecule has 1 unspecified atom stereocenters. The van der Waals surface area contributed by atoms with E-state index in [9.17, 15) is 14.4 Å². The van der Waals surface area contributed by atoms with Gasteiger partial charge in [-0.2, -0.15) is 0 Å². The second-order valence-electron chi connectivity index (χ2n) is 3.71. The predicted molar refractivity (Wildman–Crippen MR) is 80.0 cm³/mol. The van der Waals surface area contributed by atoms with E-state index in [1.165, 1.54) is 0 Å². The van der Waals surface area contributed by atoms with Gasteiger partial charge in [-0.1, -0.05) is 11.6 Å². The van der Waals surface area contributed by atoms with Gasteiger partial charge in [0, 0.05) is 8.59 Å². The zero-order valence-electron chi connectivity index (χ0n) is 9.89. The van der Waals surface area contributed by atoms with Crippen molar-refractivity contribution in [1.29, 1.82) is 0 Å². The maximum atomic E-state index is 11.6. The number of carboxylic acid groups (broad SMARTS) is 2. The van der Waals surface area contributed by atoms with E-state index in [1.807, 2.05) is 22.6 Å². The van der Waals surface area contributed by atoms with E-state index >= 15 is 0 Å². The molecule has 7 nitrogen and oxygen atoms in total. The lowest BCUT2D eigenvalue weighted by Crippen LogP contribution is -2.44. The van der Waals surface area contributed by atoms with Crippen molar-refractivity contribution in [2.24, 2.45) is 0 Å². The van der Waals surface area contributed by atoms with Crippen molar-refractivity contribution in [2.45, 2.75) is 12.5 Å². The molecule has 0 heterocycles. The van der Waals surface area contributed by atoms with Crippen LogP contribution in [0, 0.1) is 3.57 Å². The molecule has 0 saturated carbocycles. The second kappa shape index (κ2) is 7.29. The van der Waals surface area contributed by atoms with E-state index in [4.69, 9.17) is 21.8 Å². The van der Waals surface area contributed by atoms with Crippen LogP contribution in [0.3, 0.4) is 0 Å². The lowest BCUT2D eigenvalue weighted by molar-refractivity contribution is -0.145. The summed E-state index contributed by atoms with van der Waals surface area (Å²) in [6.07, 6.45) is -0.708. The molecule has 1 aromatic carbocycles. The highest BCUT2D eigenvalue weighted by Gasteiger charge is 2.23. The Bertz CT molecular complexity index is 552. The Morgan fingerprint density at radius 1 is 1.30 bits per heavy atom. The van der Waals surface area contributed by atoms with Crippen LogP contribution in [0.5, 0.6) is 0 Å². The molecule has 0 spiro atoms. The molecule has 2 amide bonds. The number of rotatable bonds is 5. The highest BCUT2D eigenvalue weighted by Crippen LogP contribution is 2.22. The molecule has 0 bridgehead atoms. The van der Waals surface area contributed by atoms with Crippen LogP contribution < -0.4 is 10.6 Å². The average Bonchev–Trinajstić information content (AvgIpc) is 2.31. The highest BCUT2D eigenvalue weighted by atomic mass is 127. The first kappa shape index (κ1) is 16.5. The third-order valence-electron chi connectivity index (χ3n) is 2.16. The van der Waals surface area contributed by atoms with Crippen molar-refractivity contribution in [2.75, 3.05) is 5.32 Å². The topological polar surface area (TPSA) is 116 Å². The van der Waals surface area contributed by atoms with Crippen LogP contribution >= 0.6 is 34.2 Å². The van der Waals surface area contributed by atoms with E-state index in [-0.39, 0.29) is 0 Å². The lowest BCUT2D eigenvalue weighted by Gasteiger charge is -2.14. The summed E-state index contributed by atoms with van der Waals surface area (Å²) in [7, 11) is 0. The van der Waals surface area contributed by atoms with Crippen LogP contribution in [0.2, 0.25) is 5.02 Å². The van der Waals surface area contributed by atoms with Crippen LogP contribution in [-0.2, 0) is 9.59 Å². The van der Waals surface area contributed by atoms with Gasteiger partial charge in [-0.05, 0) is 40.8 Å². The number of hydrogen-bond acceptors (Lipinski definition) is 3. The standard InChI is InChI=1S/C11H10ClIN2O5/c12-5-1-2-7(6(13)3-5)14-11(20)15-8(10(18)19)4-9(16)17/h1-3,8H,4H2,(H,16,17)(H,18,19)(H2,14,15,20). The van der Waals surface area contributed by atoms with Crippen LogP contribution in [0.25, 0.3) is 0 Å². The Morgan fingerprint density at radius 3 is 2.45 bits per heavy atom. The molecule has 0 saturated heterocycles. The minimum Gasteiger partial charge on any atom is -0.481 e. The zero-order chi connectivity index (χ0) is 15.3.